The van der Waals surface area contributed by atoms with Gasteiger partial charge in [0.1, 0.15) is 0 Å². The van der Waals surface area contributed by atoms with Crippen LogP contribution in [0.2, 0.25) is 0 Å². The van der Waals surface area contributed by atoms with Gasteiger partial charge < -0.3 is 10.6 Å². The van der Waals surface area contributed by atoms with E-state index in [4.69, 9.17) is 0 Å². The molecule has 1 aliphatic rings. The molecule has 0 atom stereocenters. The second-order valence-corrected chi connectivity index (χ2v) is 5.17. The summed E-state index contributed by atoms with van der Waals surface area (Å²) in [5.41, 5.74) is 0. The van der Waals surface area contributed by atoms with Gasteiger partial charge in [0.2, 0.25) is 0 Å². The number of hydrogen-bond acceptors (Lipinski definition) is 3. The molecule has 1 aromatic rings. The van der Waals surface area contributed by atoms with Gasteiger partial charge in [0.25, 0.3) is 0 Å². The highest BCUT2D eigenvalue weighted by Crippen LogP contribution is 2.27. The Morgan fingerprint density at radius 3 is 3.00 bits per heavy atom. The number of aromatic nitrogens is 1. The van der Waals surface area contributed by atoms with Gasteiger partial charge in [-0.3, -0.25) is 0 Å². The van der Waals surface area contributed by atoms with E-state index >= 15 is 0 Å². The maximum Gasteiger partial charge on any atom is 0.315 e. The molecule has 1 saturated carbocycles. The molecule has 0 unspecified atom stereocenters. The summed E-state index contributed by atoms with van der Waals surface area (Å²) in [6.07, 6.45) is 4.32. The van der Waals surface area contributed by atoms with Crippen LogP contribution in [-0.4, -0.2) is 17.6 Å². The molecule has 0 saturated heterocycles. The third-order valence-corrected chi connectivity index (χ3v) is 3.25. The van der Waals surface area contributed by atoms with Crippen LogP contribution in [0.25, 0.3) is 0 Å². The molecule has 1 heterocycles. The van der Waals surface area contributed by atoms with Crippen molar-refractivity contribution in [1.82, 2.24) is 15.6 Å². The predicted octanol–water partition coefficient (Wildman–Crippen LogP) is 1.66. The number of amides is 2. The van der Waals surface area contributed by atoms with E-state index in [-0.39, 0.29) is 6.03 Å². The smallest absolute Gasteiger partial charge is 0.315 e. The van der Waals surface area contributed by atoms with Crippen molar-refractivity contribution in [2.45, 2.75) is 26.3 Å². The number of nitrogens with zero attached hydrogens (tertiary/aromatic N) is 1. The number of urea groups is 1. The summed E-state index contributed by atoms with van der Waals surface area (Å²) < 4.78 is 0. The third-order valence-electron chi connectivity index (χ3n) is 2.34. The molecule has 0 aliphatic heterocycles. The lowest BCUT2D eigenvalue weighted by Gasteiger charge is -2.04. The quantitative estimate of drug-likeness (QED) is 0.818. The SMILES string of the molecule is Cc1ncc(CNC(=O)NCC2CC2)s1. The summed E-state index contributed by atoms with van der Waals surface area (Å²) in [5.74, 6) is 0.724. The van der Waals surface area contributed by atoms with E-state index in [1.807, 2.05) is 6.92 Å². The van der Waals surface area contributed by atoms with Crippen LogP contribution in [0.15, 0.2) is 6.20 Å². The van der Waals surface area contributed by atoms with Crippen LogP contribution in [0.1, 0.15) is 22.7 Å². The Balaban J connectivity index is 1.65. The van der Waals surface area contributed by atoms with Crippen molar-refractivity contribution in [3.05, 3.63) is 16.1 Å². The van der Waals surface area contributed by atoms with E-state index in [9.17, 15) is 4.79 Å². The summed E-state index contributed by atoms with van der Waals surface area (Å²) in [5, 5.41) is 6.70. The summed E-state index contributed by atoms with van der Waals surface area (Å²) in [4.78, 5) is 16.5. The molecule has 5 heteroatoms. The van der Waals surface area contributed by atoms with Gasteiger partial charge in [-0.05, 0) is 25.7 Å². The molecule has 0 spiro atoms. The fourth-order valence-electron chi connectivity index (χ4n) is 1.28. The van der Waals surface area contributed by atoms with Crippen molar-refractivity contribution in [2.75, 3.05) is 6.54 Å². The Labute approximate surface area is 93.1 Å². The maximum atomic E-state index is 11.3. The van der Waals surface area contributed by atoms with E-state index in [1.165, 1.54) is 12.8 Å². The van der Waals surface area contributed by atoms with Gasteiger partial charge in [-0.25, -0.2) is 9.78 Å². The van der Waals surface area contributed by atoms with E-state index in [2.05, 4.69) is 15.6 Å². The van der Waals surface area contributed by atoms with Crippen LogP contribution in [0.4, 0.5) is 4.79 Å². The van der Waals surface area contributed by atoms with Crippen molar-refractivity contribution in [3.63, 3.8) is 0 Å². The number of nitrogens with one attached hydrogen (secondary N) is 2. The molecular weight excluding hydrogens is 210 g/mol. The third kappa shape index (κ3) is 3.51. The molecule has 1 aliphatic carbocycles. The second kappa shape index (κ2) is 4.61. The van der Waals surface area contributed by atoms with Gasteiger partial charge in [0.15, 0.2) is 0 Å². The first kappa shape index (κ1) is 10.4. The van der Waals surface area contributed by atoms with Crippen molar-refractivity contribution in [1.29, 1.82) is 0 Å². The summed E-state index contributed by atoms with van der Waals surface area (Å²) >= 11 is 1.61. The minimum absolute atomic E-state index is 0.0760. The highest BCUT2D eigenvalue weighted by atomic mass is 32.1. The van der Waals surface area contributed by atoms with Gasteiger partial charge in [0, 0.05) is 17.6 Å². The lowest BCUT2D eigenvalue weighted by molar-refractivity contribution is 0.240. The number of hydrogen-bond donors (Lipinski definition) is 2. The average molecular weight is 225 g/mol. The predicted molar refractivity (Wildman–Crippen MR) is 59.8 cm³/mol. The number of aryl methyl sites for hydroxylation is 1. The summed E-state index contributed by atoms with van der Waals surface area (Å²) in [6, 6.07) is -0.0760. The number of rotatable bonds is 4. The standard InChI is InChI=1S/C10H15N3OS/c1-7-11-5-9(15-7)6-13-10(14)12-4-8-2-3-8/h5,8H,2-4,6H2,1H3,(H2,12,13,14). The zero-order chi connectivity index (χ0) is 10.7. The summed E-state index contributed by atoms with van der Waals surface area (Å²) in [6.45, 7) is 3.34. The highest BCUT2D eigenvalue weighted by molar-refractivity contribution is 7.11. The molecule has 15 heavy (non-hydrogen) atoms. The lowest BCUT2D eigenvalue weighted by atomic mass is 10.4. The van der Waals surface area contributed by atoms with Gasteiger partial charge in [0.05, 0.1) is 11.6 Å². The van der Waals surface area contributed by atoms with E-state index in [1.54, 1.807) is 17.5 Å². The van der Waals surface area contributed by atoms with Crippen molar-refractivity contribution in [2.24, 2.45) is 5.92 Å². The van der Waals surface area contributed by atoms with Crippen molar-refractivity contribution in [3.8, 4) is 0 Å². The van der Waals surface area contributed by atoms with Gasteiger partial charge in [-0.2, -0.15) is 0 Å². The van der Waals surface area contributed by atoms with Crippen LogP contribution in [0.3, 0.4) is 0 Å². The Morgan fingerprint density at radius 1 is 1.60 bits per heavy atom. The minimum atomic E-state index is -0.0760. The number of thiazole rings is 1. The average Bonchev–Trinajstić information content (AvgIpc) is 2.95. The molecule has 82 valence electrons. The molecule has 1 aromatic heterocycles. The molecule has 2 rings (SSSR count). The molecular formula is C10H15N3OS. The van der Waals surface area contributed by atoms with Gasteiger partial charge >= 0.3 is 6.03 Å². The molecule has 0 bridgehead atoms. The molecule has 1 fully saturated rings. The van der Waals surface area contributed by atoms with Crippen molar-refractivity contribution >= 4 is 17.4 Å². The van der Waals surface area contributed by atoms with E-state index < -0.39 is 0 Å². The first-order chi connectivity index (χ1) is 7.24. The Kier molecular flexibility index (Phi) is 3.20. The Morgan fingerprint density at radius 2 is 2.40 bits per heavy atom. The molecule has 0 aromatic carbocycles. The van der Waals surface area contributed by atoms with E-state index in [0.717, 1.165) is 22.3 Å². The maximum absolute atomic E-state index is 11.3. The fraction of sp³-hybridized carbons (Fsp3) is 0.600. The number of carbonyl (C=O) groups is 1. The first-order valence-corrected chi connectivity index (χ1v) is 5.98. The van der Waals surface area contributed by atoms with Gasteiger partial charge in [-0.1, -0.05) is 0 Å². The van der Waals surface area contributed by atoms with Crippen molar-refractivity contribution < 1.29 is 4.79 Å². The minimum Gasteiger partial charge on any atom is -0.338 e. The van der Waals surface area contributed by atoms with Crippen LogP contribution in [-0.2, 0) is 6.54 Å². The Bertz CT molecular complexity index is 346. The zero-order valence-electron chi connectivity index (χ0n) is 8.75. The molecule has 0 radical (unpaired) electrons. The largest absolute Gasteiger partial charge is 0.338 e. The summed E-state index contributed by atoms with van der Waals surface area (Å²) in [7, 11) is 0. The molecule has 4 nitrogen and oxygen atoms in total. The van der Waals surface area contributed by atoms with Crippen LogP contribution in [0, 0.1) is 12.8 Å². The first-order valence-electron chi connectivity index (χ1n) is 5.17. The second-order valence-electron chi connectivity index (χ2n) is 3.85. The van der Waals surface area contributed by atoms with Crippen LogP contribution in [0.5, 0.6) is 0 Å². The van der Waals surface area contributed by atoms with Gasteiger partial charge in [-0.15, -0.1) is 11.3 Å². The fourth-order valence-corrected chi connectivity index (χ4v) is 2.01. The molecule has 2 amide bonds. The lowest BCUT2D eigenvalue weighted by Crippen LogP contribution is -2.35. The zero-order valence-corrected chi connectivity index (χ0v) is 9.56. The monoisotopic (exact) mass is 225 g/mol. The topological polar surface area (TPSA) is 54.0 Å². The van der Waals surface area contributed by atoms with Crippen LogP contribution < -0.4 is 10.6 Å². The molecule has 2 N–H and O–H groups in total. The number of carbonyl (C=O) groups excluding carboxylic acids is 1. The van der Waals surface area contributed by atoms with Crippen LogP contribution >= 0.6 is 11.3 Å². The normalized spacial score (nSPS) is 15.0. The Hall–Kier alpha value is -1.10. The highest BCUT2D eigenvalue weighted by Gasteiger charge is 2.21. The van der Waals surface area contributed by atoms with E-state index in [0.29, 0.717) is 6.54 Å².